The molecule has 0 aromatic carbocycles. The lowest BCUT2D eigenvalue weighted by Crippen LogP contribution is -2.31. The first-order chi connectivity index (χ1) is 8.83. The topological polar surface area (TPSA) is 18.5 Å². The molecule has 0 aliphatic heterocycles. The highest BCUT2D eigenvalue weighted by Crippen LogP contribution is 2.34. The summed E-state index contributed by atoms with van der Waals surface area (Å²) in [6.07, 6.45) is 14.9. The molecule has 0 aromatic rings. The molecule has 0 N–H and O–H groups in total. The molecule has 0 amide bonds. The van der Waals surface area contributed by atoms with E-state index in [4.69, 9.17) is 9.47 Å². The Morgan fingerprint density at radius 3 is 1.50 bits per heavy atom. The Balaban J connectivity index is 2.59. The molecule has 0 unspecified atom stereocenters. The maximum absolute atomic E-state index is 5.49. The van der Waals surface area contributed by atoms with E-state index in [1.54, 1.807) is 12.5 Å². The van der Waals surface area contributed by atoms with E-state index in [0.29, 0.717) is 0 Å². The predicted octanol–water partition coefficient (Wildman–Crippen LogP) is 4.82. The molecule has 18 heavy (non-hydrogen) atoms. The van der Waals surface area contributed by atoms with E-state index in [1.807, 2.05) is 0 Å². The van der Waals surface area contributed by atoms with Crippen LogP contribution in [0.1, 0.15) is 57.8 Å². The van der Waals surface area contributed by atoms with Gasteiger partial charge in [-0.05, 0) is 12.8 Å². The molecule has 1 fully saturated rings. The third kappa shape index (κ3) is 5.61. The van der Waals surface area contributed by atoms with Gasteiger partial charge in [0.1, 0.15) is 0 Å². The molecule has 1 aliphatic rings. The lowest BCUT2D eigenvalue weighted by atomic mass is 9.78. The Morgan fingerprint density at radius 2 is 1.11 bits per heavy atom. The van der Waals surface area contributed by atoms with Crippen LogP contribution in [-0.4, -0.2) is 13.2 Å². The molecule has 1 aliphatic carbocycles. The van der Waals surface area contributed by atoms with E-state index in [-0.39, 0.29) is 5.41 Å². The highest BCUT2D eigenvalue weighted by molar-refractivity contribution is 4.81. The molecule has 1 saturated carbocycles. The number of hydrogen-bond acceptors (Lipinski definition) is 2. The van der Waals surface area contributed by atoms with Crippen LogP contribution >= 0.6 is 0 Å². The summed E-state index contributed by atoms with van der Waals surface area (Å²) in [7, 11) is 0. The molecule has 1 rings (SSSR count). The van der Waals surface area contributed by atoms with Crippen molar-refractivity contribution in [3.63, 3.8) is 0 Å². The van der Waals surface area contributed by atoms with Gasteiger partial charge in [0.15, 0.2) is 0 Å². The fraction of sp³-hybridized carbons (Fsp3) is 0.750. The number of rotatable bonds is 6. The zero-order valence-corrected chi connectivity index (χ0v) is 11.7. The van der Waals surface area contributed by atoms with Crippen LogP contribution in [0.4, 0.5) is 0 Å². The molecule has 0 aromatic heterocycles. The summed E-state index contributed by atoms with van der Waals surface area (Å²) in [5.41, 5.74) is 0.152. The second-order valence-electron chi connectivity index (χ2n) is 5.43. The van der Waals surface area contributed by atoms with Crippen LogP contribution in [0.3, 0.4) is 0 Å². The van der Waals surface area contributed by atoms with Crippen LogP contribution in [0.15, 0.2) is 25.7 Å². The average Bonchev–Trinajstić information content (AvgIpc) is 2.41. The maximum Gasteiger partial charge on any atom is 0.0961 e. The van der Waals surface area contributed by atoms with Gasteiger partial charge in [0.25, 0.3) is 0 Å². The standard InChI is InChI=1S/C16H28O2/c1-3-17-14-16(15-18-4-2)12-10-8-6-5-7-9-11-13-16/h3-4H,1-2,5-15H2. The summed E-state index contributed by atoms with van der Waals surface area (Å²) in [5, 5.41) is 0. The first-order valence-corrected chi connectivity index (χ1v) is 7.28. The molecule has 104 valence electrons. The third-order valence-corrected chi connectivity index (χ3v) is 3.93. The van der Waals surface area contributed by atoms with Gasteiger partial charge in [-0.2, -0.15) is 0 Å². The summed E-state index contributed by atoms with van der Waals surface area (Å²) in [5.74, 6) is 0. The third-order valence-electron chi connectivity index (χ3n) is 3.93. The Labute approximate surface area is 112 Å². The zero-order valence-electron chi connectivity index (χ0n) is 11.7. The van der Waals surface area contributed by atoms with Crippen molar-refractivity contribution < 1.29 is 9.47 Å². The molecule has 0 radical (unpaired) electrons. The van der Waals surface area contributed by atoms with Gasteiger partial charge < -0.3 is 9.47 Å². The van der Waals surface area contributed by atoms with Crippen LogP contribution in [0.25, 0.3) is 0 Å². The minimum Gasteiger partial charge on any atom is -0.501 e. The minimum atomic E-state index is 0.152. The Hall–Kier alpha value is -0.920. The van der Waals surface area contributed by atoms with Crippen molar-refractivity contribution in [3.8, 4) is 0 Å². The van der Waals surface area contributed by atoms with Crippen molar-refractivity contribution in [1.29, 1.82) is 0 Å². The summed E-state index contributed by atoms with van der Waals surface area (Å²) < 4.78 is 11.0. The smallest absolute Gasteiger partial charge is 0.0961 e. The van der Waals surface area contributed by atoms with Gasteiger partial charge in [-0.25, -0.2) is 0 Å². The number of hydrogen-bond donors (Lipinski definition) is 0. The Morgan fingerprint density at radius 1 is 0.722 bits per heavy atom. The number of ether oxygens (including phenoxy) is 2. The van der Waals surface area contributed by atoms with Crippen molar-refractivity contribution in [2.45, 2.75) is 57.8 Å². The van der Waals surface area contributed by atoms with Gasteiger partial charge in [-0.3, -0.25) is 0 Å². The van der Waals surface area contributed by atoms with Crippen LogP contribution in [0.5, 0.6) is 0 Å². The van der Waals surface area contributed by atoms with Crippen LogP contribution in [0, 0.1) is 5.41 Å². The second kappa shape index (κ2) is 9.07. The molecule has 0 saturated heterocycles. The lowest BCUT2D eigenvalue weighted by molar-refractivity contribution is 0.0206. The van der Waals surface area contributed by atoms with Crippen LogP contribution < -0.4 is 0 Å². The van der Waals surface area contributed by atoms with E-state index in [9.17, 15) is 0 Å². The van der Waals surface area contributed by atoms with E-state index in [2.05, 4.69) is 13.2 Å². The van der Waals surface area contributed by atoms with Gasteiger partial charge in [0.05, 0.1) is 25.7 Å². The average molecular weight is 252 g/mol. The van der Waals surface area contributed by atoms with Gasteiger partial charge in [0.2, 0.25) is 0 Å². The monoisotopic (exact) mass is 252 g/mol. The summed E-state index contributed by atoms with van der Waals surface area (Å²) in [6, 6.07) is 0. The van der Waals surface area contributed by atoms with Crippen molar-refractivity contribution in [1.82, 2.24) is 0 Å². The van der Waals surface area contributed by atoms with Crippen LogP contribution in [-0.2, 0) is 9.47 Å². The van der Waals surface area contributed by atoms with E-state index < -0.39 is 0 Å². The normalized spacial score (nSPS) is 20.7. The van der Waals surface area contributed by atoms with Gasteiger partial charge >= 0.3 is 0 Å². The van der Waals surface area contributed by atoms with Crippen molar-refractivity contribution >= 4 is 0 Å². The minimum absolute atomic E-state index is 0.152. The van der Waals surface area contributed by atoms with Crippen molar-refractivity contribution in [3.05, 3.63) is 25.7 Å². The van der Waals surface area contributed by atoms with Gasteiger partial charge in [-0.15, -0.1) is 0 Å². The molecule has 0 heterocycles. The molecule has 0 atom stereocenters. The van der Waals surface area contributed by atoms with E-state index >= 15 is 0 Å². The maximum atomic E-state index is 5.49. The first kappa shape index (κ1) is 15.1. The van der Waals surface area contributed by atoms with Crippen molar-refractivity contribution in [2.75, 3.05) is 13.2 Å². The zero-order chi connectivity index (χ0) is 13.1. The molecule has 0 bridgehead atoms. The second-order valence-corrected chi connectivity index (χ2v) is 5.43. The molecular weight excluding hydrogens is 224 g/mol. The quantitative estimate of drug-likeness (QED) is 0.631. The first-order valence-electron chi connectivity index (χ1n) is 7.28. The molecule has 2 nitrogen and oxygen atoms in total. The van der Waals surface area contributed by atoms with Gasteiger partial charge in [-0.1, -0.05) is 58.1 Å². The fourth-order valence-corrected chi connectivity index (χ4v) is 2.81. The fourth-order valence-electron chi connectivity index (χ4n) is 2.81. The Kier molecular flexibility index (Phi) is 7.63. The molecule has 0 spiro atoms. The highest BCUT2D eigenvalue weighted by Gasteiger charge is 2.31. The molecular formula is C16H28O2. The lowest BCUT2D eigenvalue weighted by Gasteiger charge is -2.33. The molecule has 2 heteroatoms. The van der Waals surface area contributed by atoms with Gasteiger partial charge in [0, 0.05) is 5.41 Å². The summed E-state index contributed by atoms with van der Waals surface area (Å²) in [6.45, 7) is 8.75. The summed E-state index contributed by atoms with van der Waals surface area (Å²) >= 11 is 0. The highest BCUT2D eigenvalue weighted by atomic mass is 16.5. The Bertz CT molecular complexity index is 211. The van der Waals surface area contributed by atoms with E-state index in [1.165, 1.54) is 57.8 Å². The summed E-state index contributed by atoms with van der Waals surface area (Å²) in [4.78, 5) is 0. The van der Waals surface area contributed by atoms with E-state index in [0.717, 1.165) is 13.2 Å². The van der Waals surface area contributed by atoms with Crippen molar-refractivity contribution in [2.24, 2.45) is 5.41 Å². The largest absolute Gasteiger partial charge is 0.501 e. The predicted molar refractivity (Wildman–Crippen MR) is 76.3 cm³/mol. The van der Waals surface area contributed by atoms with Crippen LogP contribution in [0.2, 0.25) is 0 Å². The SMILES string of the molecule is C=COCC1(COC=C)CCCCCCCCC1.